The summed E-state index contributed by atoms with van der Waals surface area (Å²) in [6, 6.07) is 8.47. The molecule has 1 amide bonds. The zero-order valence-corrected chi connectivity index (χ0v) is 12.1. The maximum atomic E-state index is 12.2. The van der Waals surface area contributed by atoms with Crippen molar-refractivity contribution in [3.05, 3.63) is 59.5 Å². The van der Waals surface area contributed by atoms with E-state index in [1.165, 1.54) is 30.5 Å². The Morgan fingerprint density at radius 3 is 2.43 bits per heavy atom. The molecule has 0 spiro atoms. The number of benzene rings is 1. The monoisotopic (exact) mass is 327 g/mol. The molecule has 2 N–H and O–H groups in total. The van der Waals surface area contributed by atoms with Crippen molar-refractivity contribution in [2.45, 2.75) is 25.1 Å². The van der Waals surface area contributed by atoms with Gasteiger partial charge >= 0.3 is 6.18 Å². The Morgan fingerprint density at radius 1 is 1.22 bits per heavy atom. The lowest BCUT2D eigenvalue weighted by Crippen LogP contribution is -2.30. The molecule has 0 saturated heterocycles. The fourth-order valence-corrected chi connectivity index (χ4v) is 2.05. The number of carbonyl (C=O) groups excluding carboxylic acids is 1. The van der Waals surface area contributed by atoms with E-state index in [9.17, 15) is 23.1 Å². The molecule has 1 aromatic carbocycles. The van der Waals surface area contributed by atoms with Crippen LogP contribution in [0.15, 0.2) is 47.1 Å². The molecule has 2 rings (SSSR count). The Kier molecular flexibility index (Phi) is 5.44. The number of aliphatic hydroxyl groups excluding tert-OH is 1. The van der Waals surface area contributed by atoms with Crippen LogP contribution in [-0.2, 0) is 6.42 Å². The van der Waals surface area contributed by atoms with Crippen molar-refractivity contribution in [3.63, 3.8) is 0 Å². The van der Waals surface area contributed by atoms with Crippen LogP contribution < -0.4 is 5.32 Å². The van der Waals surface area contributed by atoms with Gasteiger partial charge in [0.05, 0.1) is 12.9 Å². The van der Waals surface area contributed by atoms with Gasteiger partial charge < -0.3 is 14.8 Å². The normalized spacial score (nSPS) is 12.9. The van der Waals surface area contributed by atoms with Crippen molar-refractivity contribution >= 4 is 5.91 Å². The van der Waals surface area contributed by atoms with Crippen LogP contribution in [0.1, 0.15) is 34.1 Å². The van der Waals surface area contributed by atoms with Gasteiger partial charge in [-0.3, -0.25) is 4.79 Å². The molecule has 23 heavy (non-hydrogen) atoms. The molecule has 4 nitrogen and oxygen atoms in total. The van der Waals surface area contributed by atoms with Crippen LogP contribution in [-0.4, -0.2) is 23.8 Å². The second-order valence-electron chi connectivity index (χ2n) is 5.04. The molecule has 0 aliphatic rings. The van der Waals surface area contributed by atoms with Gasteiger partial charge in [-0.15, -0.1) is 0 Å². The predicted molar refractivity (Wildman–Crippen MR) is 76.8 cm³/mol. The molecule has 1 aromatic heterocycles. The minimum Gasteiger partial charge on any atom is -0.467 e. The van der Waals surface area contributed by atoms with Crippen molar-refractivity contribution in [3.8, 4) is 0 Å². The third-order valence-electron chi connectivity index (χ3n) is 3.29. The van der Waals surface area contributed by atoms with Crippen molar-refractivity contribution < 1.29 is 27.5 Å². The number of hydrogen-bond donors (Lipinski definition) is 2. The van der Waals surface area contributed by atoms with Crippen LogP contribution in [0.25, 0.3) is 0 Å². The summed E-state index contributed by atoms with van der Waals surface area (Å²) in [7, 11) is 0. The van der Waals surface area contributed by atoms with Gasteiger partial charge in [-0.25, -0.2) is 0 Å². The maximum absolute atomic E-state index is 12.2. The van der Waals surface area contributed by atoms with Gasteiger partial charge in [0.1, 0.15) is 11.8 Å². The molecule has 0 saturated carbocycles. The van der Waals surface area contributed by atoms with Crippen molar-refractivity contribution in [1.29, 1.82) is 0 Å². The van der Waals surface area contributed by atoms with E-state index in [-0.39, 0.29) is 13.0 Å². The quantitative estimate of drug-likeness (QED) is 0.856. The zero-order valence-electron chi connectivity index (χ0n) is 12.1. The topological polar surface area (TPSA) is 62.5 Å². The van der Waals surface area contributed by atoms with E-state index in [1.807, 2.05) is 0 Å². The van der Waals surface area contributed by atoms with Crippen LogP contribution >= 0.6 is 0 Å². The molecule has 0 aliphatic carbocycles. The highest BCUT2D eigenvalue weighted by Crippen LogP contribution is 2.22. The summed E-state index contributed by atoms with van der Waals surface area (Å²) in [6.45, 7) is -0.330. The standard InChI is InChI=1S/C16H16F3NO3/c17-16(18,19)8-7-11-3-5-12(6-4-11)15(22)20-13(10-21)14-2-1-9-23-14/h1-6,9,13,21H,7-8,10H2,(H,20,22). The summed E-state index contributed by atoms with van der Waals surface area (Å²) >= 11 is 0. The average molecular weight is 327 g/mol. The number of alkyl halides is 3. The summed E-state index contributed by atoms with van der Waals surface area (Å²) in [4.78, 5) is 12.1. The fourth-order valence-electron chi connectivity index (χ4n) is 2.05. The summed E-state index contributed by atoms with van der Waals surface area (Å²) in [5.41, 5.74) is 0.800. The number of carbonyl (C=O) groups is 1. The SMILES string of the molecule is O=C(NC(CO)c1ccco1)c1ccc(CCC(F)(F)F)cc1. The second kappa shape index (κ2) is 7.32. The molecule has 0 radical (unpaired) electrons. The van der Waals surface area contributed by atoms with Crippen molar-refractivity contribution in [2.75, 3.05) is 6.61 Å². The number of aryl methyl sites for hydroxylation is 1. The first kappa shape index (κ1) is 17.1. The van der Waals surface area contributed by atoms with Crippen LogP contribution in [0.4, 0.5) is 13.2 Å². The van der Waals surface area contributed by atoms with E-state index in [4.69, 9.17) is 4.42 Å². The van der Waals surface area contributed by atoms with Gasteiger partial charge in [-0.05, 0) is 36.2 Å². The van der Waals surface area contributed by atoms with Gasteiger partial charge in [0.15, 0.2) is 0 Å². The smallest absolute Gasteiger partial charge is 0.389 e. The van der Waals surface area contributed by atoms with E-state index < -0.39 is 24.5 Å². The van der Waals surface area contributed by atoms with E-state index >= 15 is 0 Å². The first-order valence-corrected chi connectivity index (χ1v) is 7.00. The first-order valence-electron chi connectivity index (χ1n) is 7.00. The summed E-state index contributed by atoms with van der Waals surface area (Å²) in [6.07, 6.45) is -3.80. The Bertz CT molecular complexity index is 621. The van der Waals surface area contributed by atoms with Crippen LogP contribution in [0, 0.1) is 0 Å². The molecular formula is C16H16F3NO3. The molecule has 0 fully saturated rings. The van der Waals surface area contributed by atoms with Gasteiger partial charge in [0.25, 0.3) is 5.91 Å². The largest absolute Gasteiger partial charge is 0.467 e. The summed E-state index contributed by atoms with van der Waals surface area (Å²) in [5.74, 6) is -0.0227. The van der Waals surface area contributed by atoms with Crippen LogP contribution in [0.5, 0.6) is 0 Å². The van der Waals surface area contributed by atoms with Gasteiger partial charge in [0.2, 0.25) is 0 Å². The first-order chi connectivity index (χ1) is 10.9. The van der Waals surface area contributed by atoms with Crippen molar-refractivity contribution in [1.82, 2.24) is 5.32 Å². The summed E-state index contributed by atoms with van der Waals surface area (Å²) in [5, 5.41) is 11.9. The third kappa shape index (κ3) is 5.14. The Balaban J connectivity index is 1.97. The molecule has 124 valence electrons. The number of furan rings is 1. The van der Waals surface area contributed by atoms with Gasteiger partial charge in [0, 0.05) is 12.0 Å². The minimum absolute atomic E-state index is 0.128. The Hall–Kier alpha value is -2.28. The molecule has 1 unspecified atom stereocenters. The lowest BCUT2D eigenvalue weighted by molar-refractivity contribution is -0.134. The van der Waals surface area contributed by atoms with E-state index in [0.717, 1.165) is 0 Å². The van der Waals surface area contributed by atoms with Gasteiger partial charge in [-0.2, -0.15) is 13.2 Å². The van der Waals surface area contributed by atoms with E-state index in [2.05, 4.69) is 5.32 Å². The predicted octanol–water partition coefficient (Wildman–Crippen LogP) is 3.24. The third-order valence-corrected chi connectivity index (χ3v) is 3.29. The molecule has 2 aromatic rings. The number of rotatable bonds is 6. The summed E-state index contributed by atoms with van der Waals surface area (Å²) < 4.78 is 41.6. The highest BCUT2D eigenvalue weighted by Gasteiger charge is 2.26. The van der Waals surface area contributed by atoms with E-state index in [1.54, 1.807) is 12.1 Å². The Morgan fingerprint density at radius 2 is 1.91 bits per heavy atom. The Labute approximate surface area is 130 Å². The molecular weight excluding hydrogens is 311 g/mol. The number of hydrogen-bond acceptors (Lipinski definition) is 3. The lowest BCUT2D eigenvalue weighted by Gasteiger charge is -2.14. The molecule has 1 atom stereocenters. The van der Waals surface area contributed by atoms with Crippen molar-refractivity contribution in [2.24, 2.45) is 0 Å². The van der Waals surface area contributed by atoms with E-state index in [0.29, 0.717) is 16.9 Å². The fraction of sp³-hybridized carbons (Fsp3) is 0.312. The van der Waals surface area contributed by atoms with Crippen LogP contribution in [0.2, 0.25) is 0 Å². The molecule has 0 aliphatic heterocycles. The highest BCUT2D eigenvalue weighted by molar-refractivity contribution is 5.94. The molecule has 1 heterocycles. The lowest BCUT2D eigenvalue weighted by atomic mass is 10.1. The number of halogens is 3. The number of aliphatic hydroxyl groups is 1. The molecule has 7 heteroatoms. The second-order valence-corrected chi connectivity index (χ2v) is 5.04. The highest BCUT2D eigenvalue weighted by atomic mass is 19.4. The molecule has 0 bridgehead atoms. The maximum Gasteiger partial charge on any atom is 0.389 e. The van der Waals surface area contributed by atoms with Crippen LogP contribution in [0.3, 0.4) is 0 Å². The number of nitrogens with one attached hydrogen (secondary N) is 1. The minimum atomic E-state index is -4.20. The zero-order chi connectivity index (χ0) is 16.9. The number of amides is 1. The average Bonchev–Trinajstić information content (AvgIpc) is 3.04. The van der Waals surface area contributed by atoms with Gasteiger partial charge in [-0.1, -0.05) is 12.1 Å².